The number of aliphatic hydroxyl groups is 1. The van der Waals surface area contributed by atoms with Gasteiger partial charge in [-0.25, -0.2) is 4.79 Å². The quantitative estimate of drug-likeness (QED) is 0.565. The van der Waals surface area contributed by atoms with Crippen molar-refractivity contribution in [1.29, 1.82) is 0 Å². The molecule has 0 saturated carbocycles. The highest BCUT2D eigenvalue weighted by Gasteiger charge is 2.59. The van der Waals surface area contributed by atoms with Gasteiger partial charge in [-0.05, 0) is 31.2 Å². The minimum atomic E-state index is -0.470. The summed E-state index contributed by atoms with van der Waals surface area (Å²) in [6.07, 6.45) is 3.74. The van der Waals surface area contributed by atoms with E-state index in [2.05, 4.69) is 4.90 Å². The van der Waals surface area contributed by atoms with Crippen LogP contribution in [0, 0.1) is 0 Å². The average molecular weight is 315 g/mol. The Hall–Kier alpha value is -2.05. The van der Waals surface area contributed by atoms with E-state index < -0.39 is 11.5 Å². The zero-order chi connectivity index (χ0) is 15.8. The van der Waals surface area contributed by atoms with Crippen LogP contribution < -0.4 is 9.47 Å². The Morgan fingerprint density at radius 3 is 2.91 bits per heavy atom. The first-order chi connectivity index (χ1) is 11.1. The molecule has 4 atom stereocenters. The average Bonchev–Trinajstić information content (AvgIpc) is 3.09. The number of carbonyl (C=O) groups excluding carboxylic acids is 1. The van der Waals surface area contributed by atoms with Crippen molar-refractivity contribution >= 4 is 5.97 Å². The number of ether oxygens (including phenoxy) is 3. The summed E-state index contributed by atoms with van der Waals surface area (Å²) in [5.41, 5.74) is 1.02. The fraction of sp³-hybridized carbons (Fsp3) is 0.471. The minimum Gasteiger partial charge on any atom is -0.456 e. The normalized spacial score (nSPS) is 37.1. The molecule has 120 valence electrons. The third kappa shape index (κ3) is 1.57. The van der Waals surface area contributed by atoms with E-state index in [0.717, 1.165) is 5.56 Å². The van der Waals surface area contributed by atoms with Gasteiger partial charge in [-0.1, -0.05) is 12.2 Å². The van der Waals surface area contributed by atoms with Gasteiger partial charge in [0.05, 0.1) is 17.1 Å². The Morgan fingerprint density at radius 2 is 2.09 bits per heavy atom. The molecule has 1 saturated heterocycles. The molecular weight excluding hydrogens is 298 g/mol. The summed E-state index contributed by atoms with van der Waals surface area (Å²) < 4.78 is 16.7. The molecular formula is C17H17NO5. The predicted molar refractivity (Wildman–Crippen MR) is 79.6 cm³/mol. The van der Waals surface area contributed by atoms with Crippen LogP contribution in [0.5, 0.6) is 11.5 Å². The summed E-state index contributed by atoms with van der Waals surface area (Å²) in [5, 5.41) is 10.0. The van der Waals surface area contributed by atoms with Gasteiger partial charge >= 0.3 is 5.97 Å². The highest BCUT2D eigenvalue weighted by Crippen LogP contribution is 2.52. The Bertz CT molecular complexity index is 745. The maximum absolute atomic E-state index is 12.5. The highest BCUT2D eigenvalue weighted by atomic mass is 16.7. The first-order valence-electron chi connectivity index (χ1n) is 7.82. The summed E-state index contributed by atoms with van der Waals surface area (Å²) >= 11 is 0. The molecule has 4 aliphatic rings. The molecule has 0 amide bonds. The molecule has 6 heteroatoms. The summed E-state index contributed by atoms with van der Waals surface area (Å²) in [6, 6.07) is 3.72. The maximum Gasteiger partial charge on any atom is 0.338 e. The van der Waals surface area contributed by atoms with E-state index in [1.54, 1.807) is 6.07 Å². The molecule has 3 aliphatic heterocycles. The number of nitrogens with zero attached hydrogens (tertiary/aromatic N) is 1. The van der Waals surface area contributed by atoms with E-state index in [1.807, 2.05) is 25.3 Å². The lowest BCUT2D eigenvalue weighted by Gasteiger charge is -2.44. The molecule has 1 aromatic carbocycles. The molecule has 6 nitrogen and oxygen atoms in total. The van der Waals surface area contributed by atoms with Crippen LogP contribution in [0.4, 0.5) is 0 Å². The molecule has 0 radical (unpaired) electrons. The fourth-order valence-corrected chi connectivity index (χ4v) is 4.53. The fourth-order valence-electron chi connectivity index (χ4n) is 4.53. The van der Waals surface area contributed by atoms with Crippen molar-refractivity contribution in [3.63, 3.8) is 0 Å². The second-order valence-corrected chi connectivity index (χ2v) is 6.70. The second-order valence-electron chi connectivity index (χ2n) is 6.70. The van der Waals surface area contributed by atoms with Crippen LogP contribution in [0.1, 0.15) is 22.3 Å². The lowest BCUT2D eigenvalue weighted by Crippen LogP contribution is -2.52. The zero-order valence-corrected chi connectivity index (χ0v) is 12.7. The third-order valence-electron chi connectivity index (χ3n) is 5.58. The van der Waals surface area contributed by atoms with Crippen LogP contribution in [0.2, 0.25) is 0 Å². The van der Waals surface area contributed by atoms with Crippen molar-refractivity contribution in [3.8, 4) is 11.5 Å². The van der Waals surface area contributed by atoms with E-state index in [4.69, 9.17) is 14.2 Å². The van der Waals surface area contributed by atoms with Crippen LogP contribution in [0.3, 0.4) is 0 Å². The van der Waals surface area contributed by atoms with Gasteiger partial charge in [-0.3, -0.25) is 4.90 Å². The smallest absolute Gasteiger partial charge is 0.338 e. The number of likely N-dealkylation sites (tertiary alicyclic amines) is 1. The molecule has 1 aromatic rings. The monoisotopic (exact) mass is 315 g/mol. The van der Waals surface area contributed by atoms with Crippen molar-refractivity contribution in [2.24, 2.45) is 0 Å². The first kappa shape index (κ1) is 13.4. The van der Waals surface area contributed by atoms with Crippen LogP contribution in [0.15, 0.2) is 24.3 Å². The van der Waals surface area contributed by atoms with Crippen molar-refractivity contribution in [2.45, 2.75) is 30.1 Å². The Balaban J connectivity index is 1.78. The van der Waals surface area contributed by atoms with E-state index in [9.17, 15) is 9.90 Å². The molecule has 1 N–H and O–H groups in total. The lowest BCUT2D eigenvalue weighted by atomic mass is 9.65. The number of rotatable bonds is 0. The molecule has 1 spiro atoms. The van der Waals surface area contributed by atoms with Crippen LogP contribution in [0.25, 0.3) is 0 Å². The number of carbonyl (C=O) groups is 1. The molecule has 3 heterocycles. The Labute approximate surface area is 133 Å². The number of benzene rings is 1. The van der Waals surface area contributed by atoms with Crippen molar-refractivity contribution in [1.82, 2.24) is 4.90 Å². The molecule has 0 bridgehead atoms. The number of hydrogen-bond donors (Lipinski definition) is 1. The minimum absolute atomic E-state index is 0.0831. The molecule has 23 heavy (non-hydrogen) atoms. The SMILES string of the molecule is CN1C[C@H]2OC(=O)c3cc4c(cc3C23C=C[C@@H](O)C[C@@H]13)OCO4. The summed E-state index contributed by atoms with van der Waals surface area (Å²) in [4.78, 5) is 14.6. The van der Waals surface area contributed by atoms with E-state index in [-0.39, 0.29) is 24.9 Å². The van der Waals surface area contributed by atoms with Gasteiger partial charge in [0.25, 0.3) is 0 Å². The van der Waals surface area contributed by atoms with Crippen LogP contribution >= 0.6 is 0 Å². The molecule has 1 aliphatic carbocycles. The van der Waals surface area contributed by atoms with Crippen LogP contribution in [-0.4, -0.2) is 54.6 Å². The second kappa shape index (κ2) is 4.27. The first-order valence-corrected chi connectivity index (χ1v) is 7.82. The van der Waals surface area contributed by atoms with Gasteiger partial charge < -0.3 is 19.3 Å². The number of likely N-dealkylation sites (N-methyl/N-ethyl adjacent to an activating group) is 1. The van der Waals surface area contributed by atoms with Crippen molar-refractivity contribution in [3.05, 3.63) is 35.4 Å². The summed E-state index contributed by atoms with van der Waals surface area (Å²) in [7, 11) is 2.01. The standard InChI is InChI=1S/C17H17NO5/c1-18-7-15-17(3-2-9(19)4-14(17)18)11-6-13-12(21-8-22-13)5-10(11)16(20)23-15/h2-3,5-6,9,14-15,19H,4,7-8H2,1H3/t9-,14-,15-,17?/m1/s1. The van der Waals surface area contributed by atoms with E-state index >= 15 is 0 Å². The Morgan fingerprint density at radius 1 is 1.30 bits per heavy atom. The van der Waals surface area contributed by atoms with Gasteiger partial charge in [0.1, 0.15) is 6.10 Å². The summed E-state index contributed by atoms with van der Waals surface area (Å²) in [5.74, 6) is 0.931. The maximum atomic E-state index is 12.5. The predicted octanol–water partition coefficient (Wildman–Crippen LogP) is 0.827. The van der Waals surface area contributed by atoms with Gasteiger partial charge in [0.2, 0.25) is 6.79 Å². The molecule has 5 rings (SSSR count). The van der Waals surface area contributed by atoms with Gasteiger partial charge in [-0.15, -0.1) is 0 Å². The van der Waals surface area contributed by atoms with Crippen molar-refractivity contribution < 1.29 is 24.1 Å². The largest absolute Gasteiger partial charge is 0.456 e. The molecule has 1 fully saturated rings. The zero-order valence-electron chi connectivity index (χ0n) is 12.7. The number of fused-ring (bicyclic) bond motifs is 2. The van der Waals surface area contributed by atoms with E-state index in [1.165, 1.54) is 0 Å². The summed E-state index contributed by atoms with van der Waals surface area (Å²) in [6.45, 7) is 0.822. The number of aliphatic hydroxyl groups excluding tert-OH is 1. The lowest BCUT2D eigenvalue weighted by molar-refractivity contribution is 0.0130. The highest BCUT2D eigenvalue weighted by molar-refractivity contribution is 5.94. The number of esters is 1. The van der Waals surface area contributed by atoms with Crippen molar-refractivity contribution in [2.75, 3.05) is 20.4 Å². The van der Waals surface area contributed by atoms with Crippen LogP contribution in [-0.2, 0) is 10.2 Å². The Kier molecular flexibility index (Phi) is 2.49. The van der Waals surface area contributed by atoms with Gasteiger partial charge in [0, 0.05) is 12.6 Å². The third-order valence-corrected chi connectivity index (χ3v) is 5.58. The topological polar surface area (TPSA) is 68.2 Å². The van der Waals surface area contributed by atoms with Gasteiger partial charge in [0.15, 0.2) is 11.5 Å². The van der Waals surface area contributed by atoms with Gasteiger partial charge in [-0.2, -0.15) is 0 Å². The molecule has 0 aromatic heterocycles. The van der Waals surface area contributed by atoms with E-state index in [0.29, 0.717) is 30.0 Å². The number of hydrogen-bond acceptors (Lipinski definition) is 6. The molecule has 1 unspecified atom stereocenters.